The second-order valence-electron chi connectivity index (χ2n) is 24.2. The van der Waals surface area contributed by atoms with E-state index in [2.05, 4.69) is 0 Å². The number of hydrogen-bond acceptors (Lipinski definition) is 22. The number of ether oxygens (including phenoxy) is 3. The van der Waals surface area contributed by atoms with Gasteiger partial charge in [-0.05, 0) is 89.7 Å². The number of hydrogen-bond donors (Lipinski definition) is 18. The summed E-state index contributed by atoms with van der Waals surface area (Å²) in [5, 5.41) is 186. The molecule has 1 fully saturated rings. The van der Waals surface area contributed by atoms with Crippen LogP contribution >= 0.6 is 0 Å². The van der Waals surface area contributed by atoms with Gasteiger partial charge in [-0.2, -0.15) is 0 Å². The smallest absolute Gasteiger partial charge is 0.333 e. The lowest BCUT2D eigenvalue weighted by atomic mass is 9.82. The van der Waals surface area contributed by atoms with Crippen LogP contribution in [-0.4, -0.2) is 228 Å². The minimum atomic E-state index is -1.88. The first-order valence-electron chi connectivity index (χ1n) is 29.9. The van der Waals surface area contributed by atoms with Gasteiger partial charge in [-0.15, -0.1) is 0 Å². The molecule has 22 heteroatoms. The van der Waals surface area contributed by atoms with Crippen molar-refractivity contribution in [3.63, 3.8) is 0 Å². The number of esters is 1. The third kappa shape index (κ3) is 25.9. The molecule has 22 unspecified atom stereocenters. The van der Waals surface area contributed by atoms with Crippen LogP contribution < -0.4 is 5.73 Å². The van der Waals surface area contributed by atoms with E-state index in [0.29, 0.717) is 50.6 Å². The lowest BCUT2D eigenvalue weighted by Gasteiger charge is -2.41. The molecule has 0 aromatic heterocycles. The van der Waals surface area contributed by atoms with Crippen LogP contribution in [0.2, 0.25) is 0 Å². The minimum Gasteiger partial charge on any atom is -0.458 e. The van der Waals surface area contributed by atoms with Crippen molar-refractivity contribution in [1.29, 1.82) is 0 Å². The summed E-state index contributed by atoms with van der Waals surface area (Å²) < 4.78 is 17.4. The first kappa shape index (κ1) is 76.5. The molecular formula is C61H109NO21. The Morgan fingerprint density at radius 3 is 1.81 bits per heavy atom. The monoisotopic (exact) mass is 1190 g/mol. The average molecular weight is 1190 g/mol. The lowest BCUT2D eigenvalue weighted by Crippen LogP contribution is -2.60. The normalized spacial score (nSPS) is 44.2. The Kier molecular flexibility index (Phi) is 35.6. The average Bonchev–Trinajstić information content (AvgIpc) is 3.63. The van der Waals surface area contributed by atoms with Crippen LogP contribution in [0, 0.1) is 41.4 Å². The molecule has 1 saturated heterocycles. The van der Waals surface area contributed by atoms with Crippen LogP contribution in [0.5, 0.6) is 0 Å². The summed E-state index contributed by atoms with van der Waals surface area (Å²) in [4.78, 5) is 13.4. The Balaban J connectivity index is 2.45. The van der Waals surface area contributed by atoms with E-state index in [1.807, 2.05) is 13.0 Å². The molecule has 2 aliphatic heterocycles. The number of carbonyl (C=O) groups is 1. The van der Waals surface area contributed by atoms with E-state index in [9.17, 15) is 91.6 Å². The highest BCUT2D eigenvalue weighted by molar-refractivity contribution is 5.87. The Morgan fingerprint density at radius 2 is 1.22 bits per heavy atom. The first-order valence-corrected chi connectivity index (χ1v) is 29.9. The van der Waals surface area contributed by atoms with Crippen molar-refractivity contribution in [3.05, 3.63) is 59.8 Å². The zero-order chi connectivity index (χ0) is 63.0. The number of nitrogens with two attached hydrogens (primary N) is 1. The molecule has 0 radical (unpaired) electrons. The molecule has 2 heterocycles. The molecule has 83 heavy (non-hydrogen) atoms. The Hall–Kier alpha value is -2.63. The van der Waals surface area contributed by atoms with E-state index >= 15 is 0 Å². The standard InChI is InChI=1S/C61H109NO21/c1-32-15-10-11-19-47(70)38(7)55(75)33(2)16-12-17-35(4)60(80)81-51(37(6)46(69)20-14-24-62)21-13-18-41(64)26-42(65)28-48(71)39(8)56(76)40(9)49(72)29-43(66)27-44(67)30-50(73)52(25-36(5)54(74)34(3)22-23-45(32)68)82-61-59(79)58(78)57(77)53(31-63)83-61/h10,13,15,17-18,22-23,25,32-34,37-59,61,63-79H,11-12,14,16,19-21,24,26-31,62H2,1-9H3/b15-10+,18-13-,23-22+,35-17+,36-25+/t32?,33?,34?,37?,38?,39?,40?,41?,42?,43?,44?,45?,46?,47?,48?,49?,50?,51?,52?,53-,54?,55?,56?,57-,58+,59+,61+/m1/s1. The molecule has 2 aliphatic rings. The maximum absolute atomic E-state index is 13.4. The molecule has 0 aliphatic carbocycles. The van der Waals surface area contributed by atoms with Crippen LogP contribution in [0.4, 0.5) is 0 Å². The highest BCUT2D eigenvalue weighted by atomic mass is 16.7. The Labute approximate surface area is 492 Å². The molecule has 2 rings (SSSR count). The van der Waals surface area contributed by atoms with Crippen LogP contribution in [0.25, 0.3) is 0 Å². The van der Waals surface area contributed by atoms with Crippen molar-refractivity contribution in [2.75, 3.05) is 13.2 Å². The third-order valence-corrected chi connectivity index (χ3v) is 17.0. The molecule has 0 aromatic rings. The summed E-state index contributed by atoms with van der Waals surface area (Å²) in [5.41, 5.74) is 6.22. The highest BCUT2D eigenvalue weighted by Crippen LogP contribution is 2.30. The summed E-state index contributed by atoms with van der Waals surface area (Å²) in [5.74, 6) is -4.84. The van der Waals surface area contributed by atoms with E-state index in [4.69, 9.17) is 19.9 Å². The zero-order valence-electron chi connectivity index (χ0n) is 50.4. The van der Waals surface area contributed by atoms with Gasteiger partial charge < -0.3 is 107 Å². The van der Waals surface area contributed by atoms with E-state index < -0.39 is 183 Å². The molecular weight excluding hydrogens is 1080 g/mol. The second kappa shape index (κ2) is 38.6. The van der Waals surface area contributed by atoms with E-state index in [0.717, 1.165) is 0 Å². The van der Waals surface area contributed by atoms with Crippen molar-refractivity contribution in [1.82, 2.24) is 0 Å². The fourth-order valence-corrected chi connectivity index (χ4v) is 10.5. The molecule has 0 amide bonds. The van der Waals surface area contributed by atoms with Gasteiger partial charge in [-0.25, -0.2) is 4.79 Å². The van der Waals surface area contributed by atoms with E-state index in [1.165, 1.54) is 39.0 Å². The van der Waals surface area contributed by atoms with Gasteiger partial charge in [0.05, 0.1) is 86.0 Å². The van der Waals surface area contributed by atoms with Crippen molar-refractivity contribution in [2.45, 2.75) is 262 Å². The minimum absolute atomic E-state index is 0.0959. The fraction of sp³-hybridized carbons (Fsp3) is 0.820. The summed E-state index contributed by atoms with van der Waals surface area (Å²) in [7, 11) is 0. The van der Waals surface area contributed by atoms with Gasteiger partial charge in [0.15, 0.2) is 6.29 Å². The van der Waals surface area contributed by atoms with Crippen molar-refractivity contribution in [2.24, 2.45) is 47.2 Å². The number of rotatable bonds is 8. The van der Waals surface area contributed by atoms with E-state index in [1.54, 1.807) is 58.9 Å². The molecule has 19 N–H and O–H groups in total. The van der Waals surface area contributed by atoms with E-state index in [-0.39, 0.29) is 37.2 Å². The van der Waals surface area contributed by atoms with Crippen LogP contribution in [0.3, 0.4) is 0 Å². The first-order chi connectivity index (χ1) is 38.9. The number of aliphatic hydroxyl groups excluding tert-OH is 17. The van der Waals surface area contributed by atoms with Crippen LogP contribution in [-0.2, 0) is 19.0 Å². The van der Waals surface area contributed by atoms with Gasteiger partial charge in [0.1, 0.15) is 36.6 Å². The van der Waals surface area contributed by atoms with Gasteiger partial charge >= 0.3 is 5.97 Å². The molecule has 22 nitrogen and oxygen atoms in total. The quantitative estimate of drug-likeness (QED) is 0.116. The Morgan fingerprint density at radius 1 is 0.639 bits per heavy atom. The van der Waals surface area contributed by atoms with Gasteiger partial charge in [0.25, 0.3) is 0 Å². The van der Waals surface area contributed by atoms with Crippen molar-refractivity contribution in [3.8, 4) is 0 Å². The fourth-order valence-electron chi connectivity index (χ4n) is 10.5. The van der Waals surface area contributed by atoms with Crippen molar-refractivity contribution >= 4 is 5.97 Å². The van der Waals surface area contributed by atoms with Crippen LogP contribution in [0.15, 0.2) is 59.8 Å². The summed E-state index contributed by atoms with van der Waals surface area (Å²) in [6, 6.07) is 0. The predicted molar refractivity (Wildman–Crippen MR) is 310 cm³/mol. The summed E-state index contributed by atoms with van der Waals surface area (Å²) in [6.45, 7) is 14.5. The SMILES string of the molecule is C/C1=C\CCC(C)C(O)C(C)C(O)CC/C=C/C(C)C(O)/C=C/C(C)C(O)/C(C)=C/C(O[C@H]2O[C@H](CO)[C@@H](O)[C@H](O)[C@@H]2O)C(O)CC(O)CC(O)CC(O)C(C)C(O)C(C)C(O)CC(O)CC(O)/C=C\CC(C(C)C(O)CCCN)OC1=O. The molecule has 0 aromatic carbocycles. The molecule has 0 spiro atoms. The van der Waals surface area contributed by atoms with Gasteiger partial charge in [0, 0.05) is 60.3 Å². The predicted octanol–water partition coefficient (Wildman–Crippen LogP) is 0.442. The Bertz CT molecular complexity index is 1960. The topological polar surface area (TPSA) is 415 Å². The van der Waals surface area contributed by atoms with Crippen molar-refractivity contribution < 1.29 is 106 Å². The maximum Gasteiger partial charge on any atom is 0.333 e. The summed E-state index contributed by atoms with van der Waals surface area (Å²) >= 11 is 0. The number of aliphatic hydroxyl groups is 17. The van der Waals surface area contributed by atoms with Gasteiger partial charge in [-0.3, -0.25) is 0 Å². The molecule has 0 saturated carbocycles. The number of cyclic esters (lactones) is 1. The second-order valence-corrected chi connectivity index (χ2v) is 24.2. The molecule has 27 atom stereocenters. The molecule has 0 bridgehead atoms. The number of carbonyl (C=O) groups excluding carboxylic acids is 1. The van der Waals surface area contributed by atoms with Crippen LogP contribution in [0.1, 0.15) is 139 Å². The zero-order valence-corrected chi connectivity index (χ0v) is 50.4. The third-order valence-electron chi connectivity index (χ3n) is 17.0. The largest absolute Gasteiger partial charge is 0.458 e. The number of allylic oxidation sites excluding steroid dienone is 2. The molecule has 484 valence electrons. The maximum atomic E-state index is 13.4. The van der Waals surface area contributed by atoms with Gasteiger partial charge in [-0.1, -0.05) is 97.1 Å². The lowest BCUT2D eigenvalue weighted by molar-refractivity contribution is -0.313. The van der Waals surface area contributed by atoms with Gasteiger partial charge in [0.2, 0.25) is 0 Å². The summed E-state index contributed by atoms with van der Waals surface area (Å²) in [6.07, 6.45) is -13.2. The highest BCUT2D eigenvalue weighted by Gasteiger charge is 2.46.